The number of benzene rings is 1. The third kappa shape index (κ3) is 4.57. The summed E-state index contributed by atoms with van der Waals surface area (Å²) in [4.78, 5) is 12.2. The Hall–Kier alpha value is -0.930. The van der Waals surface area contributed by atoms with Gasteiger partial charge >= 0.3 is 0 Å². The Morgan fingerprint density at radius 3 is 2.55 bits per heavy atom. The van der Waals surface area contributed by atoms with Crippen LogP contribution in [0.3, 0.4) is 0 Å². The van der Waals surface area contributed by atoms with Crippen molar-refractivity contribution in [3.05, 3.63) is 29.3 Å². The van der Waals surface area contributed by atoms with Crippen LogP contribution in [0.4, 0.5) is 0 Å². The average molecular weight is 318 g/mol. The minimum Gasteiger partial charge on any atom is -0.481 e. The number of hydrogen-bond acceptors (Lipinski definition) is 2. The maximum Gasteiger partial charge on any atom is 0.261 e. The summed E-state index contributed by atoms with van der Waals surface area (Å²) in [5.41, 5.74) is -0.370. The van der Waals surface area contributed by atoms with E-state index in [9.17, 15) is 4.79 Å². The molecule has 0 spiro atoms. The molecule has 3 nitrogen and oxygen atoms in total. The number of hydrogen-bond donors (Lipinski definition) is 1. The third-order valence-electron chi connectivity index (χ3n) is 3.48. The molecule has 0 fully saturated rings. The normalized spacial score (nSPS) is 12.8. The molecule has 1 aromatic rings. The van der Waals surface area contributed by atoms with Crippen LogP contribution in [0, 0.1) is 0 Å². The van der Waals surface area contributed by atoms with E-state index in [0.717, 1.165) is 12.8 Å². The first-order chi connectivity index (χ1) is 9.46. The fourth-order valence-electron chi connectivity index (χ4n) is 1.81. The lowest BCUT2D eigenvalue weighted by Crippen LogP contribution is -2.53. The SMILES string of the molecule is CCC(CC)(CCl)NC(=O)C(C)Oc1cccc(Cl)c1. The molecule has 1 rings (SSSR count). The maximum atomic E-state index is 12.2. The predicted molar refractivity (Wildman–Crippen MR) is 83.7 cm³/mol. The van der Waals surface area contributed by atoms with Crippen molar-refractivity contribution in [3.63, 3.8) is 0 Å². The van der Waals surface area contributed by atoms with Gasteiger partial charge in [0, 0.05) is 10.9 Å². The molecule has 0 aromatic heterocycles. The fourth-order valence-corrected chi connectivity index (χ4v) is 2.44. The Balaban J connectivity index is 2.67. The van der Waals surface area contributed by atoms with Crippen LogP contribution < -0.4 is 10.1 Å². The molecule has 1 atom stereocenters. The van der Waals surface area contributed by atoms with Gasteiger partial charge in [-0.1, -0.05) is 31.5 Å². The molecule has 1 aromatic carbocycles. The van der Waals surface area contributed by atoms with Crippen molar-refractivity contribution in [2.45, 2.75) is 45.3 Å². The number of rotatable bonds is 7. The molecule has 0 aliphatic rings. The van der Waals surface area contributed by atoms with Gasteiger partial charge in [0.25, 0.3) is 5.91 Å². The zero-order valence-electron chi connectivity index (χ0n) is 12.1. The minimum atomic E-state index is -0.603. The van der Waals surface area contributed by atoms with Crippen LogP contribution in [0.15, 0.2) is 24.3 Å². The Kier molecular flexibility index (Phi) is 6.63. The molecule has 1 N–H and O–H groups in total. The van der Waals surface area contributed by atoms with Crippen molar-refractivity contribution < 1.29 is 9.53 Å². The number of amides is 1. The summed E-state index contributed by atoms with van der Waals surface area (Å²) in [5.74, 6) is 0.786. The summed E-state index contributed by atoms with van der Waals surface area (Å²) < 4.78 is 5.60. The summed E-state index contributed by atoms with van der Waals surface area (Å²) >= 11 is 11.9. The van der Waals surface area contributed by atoms with E-state index in [4.69, 9.17) is 27.9 Å². The van der Waals surface area contributed by atoms with Gasteiger partial charge in [-0.15, -0.1) is 11.6 Å². The highest BCUT2D eigenvalue weighted by molar-refractivity contribution is 6.30. The second-order valence-corrected chi connectivity index (χ2v) is 5.53. The van der Waals surface area contributed by atoms with Crippen molar-refractivity contribution in [1.29, 1.82) is 0 Å². The standard InChI is InChI=1S/C15H21Cl2NO2/c1-4-15(5-2,10-16)18-14(19)11(3)20-13-8-6-7-12(17)9-13/h6-9,11H,4-5,10H2,1-3H3,(H,18,19). The maximum absolute atomic E-state index is 12.2. The molecule has 0 saturated heterocycles. The van der Waals surface area contributed by atoms with E-state index in [1.807, 2.05) is 13.8 Å². The van der Waals surface area contributed by atoms with Crippen LogP contribution in [-0.2, 0) is 4.79 Å². The lowest BCUT2D eigenvalue weighted by Gasteiger charge is -2.31. The number of ether oxygens (including phenoxy) is 1. The molecular formula is C15H21Cl2NO2. The molecule has 0 heterocycles. The highest BCUT2D eigenvalue weighted by atomic mass is 35.5. The van der Waals surface area contributed by atoms with E-state index in [0.29, 0.717) is 16.7 Å². The van der Waals surface area contributed by atoms with E-state index in [-0.39, 0.29) is 11.4 Å². The number of carbonyl (C=O) groups is 1. The molecule has 20 heavy (non-hydrogen) atoms. The first-order valence-corrected chi connectivity index (χ1v) is 7.67. The van der Waals surface area contributed by atoms with Gasteiger partial charge in [0.15, 0.2) is 6.10 Å². The van der Waals surface area contributed by atoms with E-state index in [1.54, 1.807) is 31.2 Å². The fraction of sp³-hybridized carbons (Fsp3) is 0.533. The summed E-state index contributed by atoms with van der Waals surface area (Å²) in [5, 5.41) is 3.56. The number of halogens is 2. The van der Waals surface area contributed by atoms with Crippen molar-refractivity contribution in [1.82, 2.24) is 5.32 Å². The summed E-state index contributed by atoms with van der Waals surface area (Å²) in [7, 11) is 0. The predicted octanol–water partition coefficient (Wildman–Crippen LogP) is 4.02. The van der Waals surface area contributed by atoms with Crippen molar-refractivity contribution in [3.8, 4) is 5.75 Å². The quantitative estimate of drug-likeness (QED) is 0.771. The van der Waals surface area contributed by atoms with Crippen LogP contribution in [0.1, 0.15) is 33.6 Å². The van der Waals surface area contributed by atoms with Crippen LogP contribution in [0.2, 0.25) is 5.02 Å². The largest absolute Gasteiger partial charge is 0.481 e. The van der Waals surface area contributed by atoms with Gasteiger partial charge in [-0.25, -0.2) is 0 Å². The van der Waals surface area contributed by atoms with Crippen molar-refractivity contribution in [2.75, 3.05) is 5.88 Å². The van der Waals surface area contributed by atoms with Gasteiger partial charge in [0.1, 0.15) is 5.75 Å². The summed E-state index contributed by atoms with van der Waals surface area (Å²) in [6, 6.07) is 6.99. The Labute approximate surface area is 130 Å². The van der Waals surface area contributed by atoms with Gasteiger partial charge in [-0.3, -0.25) is 4.79 Å². The van der Waals surface area contributed by atoms with E-state index in [1.165, 1.54) is 0 Å². The molecule has 1 amide bonds. The van der Waals surface area contributed by atoms with Crippen molar-refractivity contribution >= 4 is 29.1 Å². The Bertz CT molecular complexity index is 439. The zero-order chi connectivity index (χ0) is 15.2. The molecule has 0 radical (unpaired) electrons. The first-order valence-electron chi connectivity index (χ1n) is 6.76. The first kappa shape index (κ1) is 17.1. The molecule has 0 aliphatic carbocycles. The number of alkyl halides is 1. The molecule has 112 valence electrons. The molecule has 5 heteroatoms. The van der Waals surface area contributed by atoms with Crippen molar-refractivity contribution in [2.24, 2.45) is 0 Å². The number of carbonyl (C=O) groups excluding carboxylic acids is 1. The average Bonchev–Trinajstić information content (AvgIpc) is 2.44. The van der Waals surface area contributed by atoms with Gasteiger partial charge in [-0.05, 0) is 38.0 Å². The van der Waals surface area contributed by atoms with Gasteiger partial charge in [-0.2, -0.15) is 0 Å². The molecule has 1 unspecified atom stereocenters. The molecule has 0 saturated carbocycles. The molecule has 0 bridgehead atoms. The second-order valence-electron chi connectivity index (χ2n) is 4.83. The smallest absolute Gasteiger partial charge is 0.261 e. The van der Waals surface area contributed by atoms with E-state index in [2.05, 4.69) is 5.32 Å². The summed E-state index contributed by atoms with van der Waals surface area (Å²) in [6.07, 6.45) is 0.958. The molecule has 0 aliphatic heterocycles. The van der Waals surface area contributed by atoms with Gasteiger partial charge in [0.2, 0.25) is 0 Å². The third-order valence-corrected chi connectivity index (χ3v) is 4.22. The Morgan fingerprint density at radius 2 is 2.05 bits per heavy atom. The highest BCUT2D eigenvalue weighted by Gasteiger charge is 2.29. The second kappa shape index (κ2) is 7.75. The van der Waals surface area contributed by atoms with Crippen LogP contribution in [0.5, 0.6) is 5.75 Å². The van der Waals surface area contributed by atoms with Gasteiger partial charge in [0.05, 0.1) is 5.54 Å². The number of nitrogens with one attached hydrogen (secondary N) is 1. The van der Waals surface area contributed by atoms with E-state index >= 15 is 0 Å². The highest BCUT2D eigenvalue weighted by Crippen LogP contribution is 2.20. The molecular weight excluding hydrogens is 297 g/mol. The minimum absolute atomic E-state index is 0.172. The zero-order valence-corrected chi connectivity index (χ0v) is 13.6. The monoisotopic (exact) mass is 317 g/mol. The van der Waals surface area contributed by atoms with Gasteiger partial charge < -0.3 is 10.1 Å². The van der Waals surface area contributed by atoms with Crippen LogP contribution >= 0.6 is 23.2 Å². The van der Waals surface area contributed by atoms with Crippen LogP contribution in [0.25, 0.3) is 0 Å². The van der Waals surface area contributed by atoms with Crippen LogP contribution in [-0.4, -0.2) is 23.4 Å². The Morgan fingerprint density at radius 1 is 1.40 bits per heavy atom. The lowest BCUT2D eigenvalue weighted by atomic mass is 9.95. The van der Waals surface area contributed by atoms with E-state index < -0.39 is 6.10 Å². The topological polar surface area (TPSA) is 38.3 Å². The summed E-state index contributed by atoms with van der Waals surface area (Å²) in [6.45, 7) is 5.73. The lowest BCUT2D eigenvalue weighted by molar-refractivity contribution is -0.129.